The summed E-state index contributed by atoms with van der Waals surface area (Å²) in [6.07, 6.45) is 0. The van der Waals surface area contributed by atoms with Crippen LogP contribution >= 0.6 is 0 Å². The summed E-state index contributed by atoms with van der Waals surface area (Å²) in [6, 6.07) is 4.48. The third kappa shape index (κ3) is 13.2. The summed E-state index contributed by atoms with van der Waals surface area (Å²) in [5.74, 6) is 0. The first-order valence-electron chi connectivity index (χ1n) is 9.20. The number of alkyl halides is 6. The van der Waals surface area contributed by atoms with E-state index >= 15 is 0 Å². The molecule has 0 amide bonds. The molecule has 0 unspecified atom stereocenters. The van der Waals surface area contributed by atoms with Crippen molar-refractivity contribution in [2.24, 2.45) is 0 Å². The van der Waals surface area contributed by atoms with E-state index in [4.69, 9.17) is 25.9 Å². The quantitative estimate of drug-likeness (QED) is 0.167. The first-order chi connectivity index (χ1) is 14.8. The van der Waals surface area contributed by atoms with Gasteiger partial charge >= 0.3 is 37.2 Å². The van der Waals surface area contributed by atoms with Gasteiger partial charge in [-0.25, -0.2) is 16.8 Å². The molecule has 35 heavy (non-hydrogen) atoms. The van der Waals surface area contributed by atoms with E-state index in [1.807, 2.05) is 0 Å². The van der Waals surface area contributed by atoms with Gasteiger partial charge in [-0.3, -0.25) is 0 Å². The van der Waals surface area contributed by atoms with Gasteiger partial charge in [-0.2, -0.15) is 83.0 Å². The van der Waals surface area contributed by atoms with Crippen LogP contribution in [-0.2, 0) is 46.4 Å². The first-order valence-corrected chi connectivity index (χ1v) is 12.0. The fraction of sp³-hybridized carbons (Fsp3) is 0.500. The van der Waals surface area contributed by atoms with Crippen molar-refractivity contribution in [2.75, 3.05) is 0 Å². The Balaban J connectivity index is -0.000000387. The molecule has 2 rings (SSSR count). The number of hydrogen-bond donors (Lipinski definition) is 0. The predicted octanol–water partition coefficient (Wildman–Crippen LogP) is 5.38. The van der Waals surface area contributed by atoms with Gasteiger partial charge in [0.05, 0.1) is 0 Å². The molecule has 0 aromatic heterocycles. The molecule has 0 radical (unpaired) electrons. The van der Waals surface area contributed by atoms with Crippen LogP contribution in [0.4, 0.5) is 26.3 Å². The zero-order chi connectivity index (χ0) is 28.0. The van der Waals surface area contributed by atoms with Gasteiger partial charge in [-0.15, -0.1) is 0 Å². The summed E-state index contributed by atoms with van der Waals surface area (Å²) in [5, 5.41) is 0. The van der Waals surface area contributed by atoms with Crippen molar-refractivity contribution in [3.63, 3.8) is 0 Å². The second kappa shape index (κ2) is 14.1. The van der Waals surface area contributed by atoms with Gasteiger partial charge in [-0.05, 0) is 0 Å². The smallest absolute Gasteiger partial charge is 0.741 e. The molecule has 0 N–H and O–H groups in total. The van der Waals surface area contributed by atoms with Crippen LogP contribution in [-0.4, -0.2) is 37.0 Å². The SMILES string of the molecule is Cc1c[c-](C)c(C)c1C.Cc1c[c-](C)c(C)c1C.O=S(=O)([O-])C(F)(F)F.O=S(=O)([O-])C(F)(F)F.[Zr+4]. The third-order valence-corrected chi connectivity index (χ3v) is 6.06. The molecule has 200 valence electrons. The van der Waals surface area contributed by atoms with E-state index in [2.05, 4.69) is 67.5 Å². The third-order valence-electron chi connectivity index (χ3n) is 4.92. The Bertz CT molecular complexity index is 1020. The van der Waals surface area contributed by atoms with Crippen LogP contribution in [0.2, 0.25) is 0 Å². The Morgan fingerprint density at radius 3 is 0.829 bits per heavy atom. The van der Waals surface area contributed by atoms with E-state index < -0.39 is 31.3 Å². The molecule has 0 atom stereocenters. The average Bonchev–Trinajstić information content (AvgIpc) is 2.96. The van der Waals surface area contributed by atoms with Crippen LogP contribution in [0, 0.1) is 55.4 Å². The van der Waals surface area contributed by atoms with Crippen LogP contribution in [0.25, 0.3) is 0 Å². The first kappa shape index (κ1) is 38.5. The van der Waals surface area contributed by atoms with Crippen LogP contribution in [0.5, 0.6) is 0 Å². The second-order valence-electron chi connectivity index (χ2n) is 7.32. The maximum absolute atomic E-state index is 10.7. The Hall–Kier alpha value is -1.02. The van der Waals surface area contributed by atoms with E-state index in [1.165, 1.54) is 44.5 Å². The monoisotopic (exact) mass is 630 g/mol. The van der Waals surface area contributed by atoms with Crippen molar-refractivity contribution >= 4 is 20.2 Å². The van der Waals surface area contributed by atoms with Crippen molar-refractivity contribution in [1.82, 2.24) is 0 Å². The fourth-order valence-corrected chi connectivity index (χ4v) is 2.27. The molecular weight excluding hydrogens is 606 g/mol. The minimum absolute atomic E-state index is 0. The number of rotatable bonds is 0. The van der Waals surface area contributed by atoms with Crippen LogP contribution in [0.15, 0.2) is 12.1 Å². The van der Waals surface area contributed by atoms with Gasteiger partial charge in [0.2, 0.25) is 0 Å². The van der Waals surface area contributed by atoms with Gasteiger partial charge in [0.25, 0.3) is 0 Å². The zero-order valence-corrected chi connectivity index (χ0v) is 24.3. The van der Waals surface area contributed by atoms with Gasteiger partial charge in [0.1, 0.15) is 0 Å². The van der Waals surface area contributed by atoms with Gasteiger partial charge in [-0.1, -0.05) is 55.4 Å². The Labute approximate surface area is 221 Å². The number of halogens is 6. The molecule has 0 saturated heterocycles. The molecule has 0 saturated carbocycles. The predicted molar refractivity (Wildman–Crippen MR) is 113 cm³/mol. The number of aryl methyl sites for hydroxylation is 4. The van der Waals surface area contributed by atoms with E-state index in [0.717, 1.165) is 0 Å². The molecule has 0 bridgehead atoms. The Kier molecular flexibility index (Phi) is 15.5. The second-order valence-corrected chi connectivity index (χ2v) is 10.1. The molecule has 0 aliphatic heterocycles. The minimum Gasteiger partial charge on any atom is -0.741 e. The summed E-state index contributed by atoms with van der Waals surface area (Å²) >= 11 is 0. The summed E-state index contributed by atoms with van der Waals surface area (Å²) < 4.78 is 118. The molecule has 0 fully saturated rings. The van der Waals surface area contributed by atoms with Crippen LogP contribution in [0.1, 0.15) is 44.5 Å². The van der Waals surface area contributed by atoms with E-state index in [-0.39, 0.29) is 26.2 Å². The van der Waals surface area contributed by atoms with Crippen molar-refractivity contribution < 1.29 is 78.5 Å². The van der Waals surface area contributed by atoms with Crippen LogP contribution in [0.3, 0.4) is 0 Å². The van der Waals surface area contributed by atoms with E-state index in [0.29, 0.717) is 0 Å². The standard InChI is InChI=1S/2C9H13.2CHF3O3S.Zr/c2*1-6-5-7(2)9(4)8(6)3;2*2-1(3,4)8(5,6)7;/h2*5H,1-4H3;2*(H,5,6,7);/q2*-1;;;+4/p-2. The fourth-order valence-electron chi connectivity index (χ4n) is 2.27. The maximum Gasteiger partial charge on any atom is 4.00 e. The van der Waals surface area contributed by atoms with Gasteiger partial charge < -0.3 is 9.11 Å². The molecule has 0 spiro atoms. The zero-order valence-electron chi connectivity index (χ0n) is 20.2. The van der Waals surface area contributed by atoms with Crippen molar-refractivity contribution in [3.05, 3.63) is 56.6 Å². The maximum atomic E-state index is 10.7. The van der Waals surface area contributed by atoms with Gasteiger partial charge in [0.15, 0.2) is 20.2 Å². The summed E-state index contributed by atoms with van der Waals surface area (Å²) in [6.45, 7) is 17.4. The van der Waals surface area contributed by atoms with Crippen molar-refractivity contribution in [3.8, 4) is 0 Å². The Morgan fingerprint density at radius 2 is 0.800 bits per heavy atom. The van der Waals surface area contributed by atoms with Crippen LogP contribution < -0.4 is 0 Å². The molecule has 0 aliphatic carbocycles. The molecule has 6 nitrogen and oxygen atoms in total. The average molecular weight is 632 g/mol. The van der Waals surface area contributed by atoms with E-state index in [1.54, 1.807) is 0 Å². The largest absolute Gasteiger partial charge is 4.00 e. The minimum atomic E-state index is -6.09. The molecule has 15 heteroatoms. The van der Waals surface area contributed by atoms with Gasteiger partial charge in [0, 0.05) is 0 Å². The molecule has 2 aromatic rings. The summed E-state index contributed by atoms with van der Waals surface area (Å²) in [4.78, 5) is 0. The molecule has 0 aliphatic rings. The van der Waals surface area contributed by atoms with Crippen molar-refractivity contribution in [2.45, 2.75) is 66.4 Å². The summed E-state index contributed by atoms with van der Waals surface area (Å²) in [5.41, 5.74) is 0.199. The molecular formula is C20H26F6O6S2Zr. The Morgan fingerprint density at radius 1 is 0.629 bits per heavy atom. The summed E-state index contributed by atoms with van der Waals surface area (Å²) in [7, 11) is -12.2. The van der Waals surface area contributed by atoms with Crippen molar-refractivity contribution in [1.29, 1.82) is 0 Å². The molecule has 0 heterocycles. The topological polar surface area (TPSA) is 114 Å². The van der Waals surface area contributed by atoms with E-state index in [9.17, 15) is 26.3 Å². The normalized spacial score (nSPS) is 11.7. The molecule has 2 aromatic carbocycles. The number of hydrogen-bond acceptors (Lipinski definition) is 6.